The fourth-order valence-electron chi connectivity index (χ4n) is 3.02. The van der Waals surface area contributed by atoms with E-state index in [0.29, 0.717) is 13.0 Å². The number of piperidine rings is 1. The highest BCUT2D eigenvalue weighted by molar-refractivity contribution is 7.17. The van der Waals surface area contributed by atoms with Crippen LogP contribution in [0, 0.1) is 5.92 Å². The number of amides is 2. The monoisotopic (exact) mass is 316 g/mol. The van der Waals surface area contributed by atoms with Crippen LogP contribution in [-0.4, -0.2) is 42.3 Å². The second kappa shape index (κ2) is 6.08. The number of carbonyl (C=O) groups is 2. The van der Waals surface area contributed by atoms with Gasteiger partial charge in [-0.1, -0.05) is 18.2 Å². The van der Waals surface area contributed by atoms with E-state index in [1.54, 1.807) is 35.2 Å². The fraction of sp³-hybridized carbons (Fsp3) is 0.412. The number of nitrogens with zero attached hydrogens (tertiary/aromatic N) is 2. The van der Waals surface area contributed by atoms with E-state index in [4.69, 9.17) is 0 Å². The summed E-state index contributed by atoms with van der Waals surface area (Å²) < 4.78 is 1.23. The Balaban J connectivity index is 1.75. The van der Waals surface area contributed by atoms with Gasteiger partial charge in [0, 0.05) is 31.9 Å². The van der Waals surface area contributed by atoms with Crippen molar-refractivity contribution in [3.63, 3.8) is 0 Å². The molecule has 1 fully saturated rings. The molecule has 1 saturated heterocycles. The minimum Gasteiger partial charge on any atom is -0.345 e. The van der Waals surface area contributed by atoms with Crippen molar-refractivity contribution in [1.29, 1.82) is 0 Å². The second-order valence-corrected chi connectivity index (χ2v) is 6.82. The lowest BCUT2D eigenvalue weighted by molar-refractivity contribution is -0.148. The van der Waals surface area contributed by atoms with Gasteiger partial charge in [0.2, 0.25) is 11.8 Å². The Morgan fingerprint density at radius 1 is 1.41 bits per heavy atom. The molecule has 1 aromatic heterocycles. The first-order valence-corrected chi connectivity index (χ1v) is 8.41. The molecule has 2 aromatic rings. The van der Waals surface area contributed by atoms with Crippen molar-refractivity contribution in [2.24, 2.45) is 5.92 Å². The molecule has 5 heteroatoms. The van der Waals surface area contributed by atoms with Gasteiger partial charge in [0.05, 0.1) is 0 Å². The van der Waals surface area contributed by atoms with E-state index in [0.717, 1.165) is 18.5 Å². The first kappa shape index (κ1) is 15.0. The van der Waals surface area contributed by atoms with E-state index in [1.165, 1.54) is 10.1 Å². The van der Waals surface area contributed by atoms with Crippen LogP contribution in [0.4, 0.5) is 0 Å². The Kier molecular flexibility index (Phi) is 4.16. The molecule has 0 spiro atoms. The van der Waals surface area contributed by atoms with Crippen LogP contribution in [0.2, 0.25) is 0 Å². The molecule has 1 aliphatic heterocycles. The Labute approximate surface area is 134 Å². The Morgan fingerprint density at radius 2 is 2.18 bits per heavy atom. The Bertz CT molecular complexity index is 710. The van der Waals surface area contributed by atoms with E-state index in [2.05, 4.69) is 17.5 Å². The summed E-state index contributed by atoms with van der Waals surface area (Å²) in [5.74, 6) is -0.612. The molecule has 0 aliphatic carbocycles. The number of hydrogen-bond acceptors (Lipinski definition) is 3. The van der Waals surface area contributed by atoms with Crippen molar-refractivity contribution in [1.82, 2.24) is 9.80 Å². The van der Waals surface area contributed by atoms with Gasteiger partial charge in [0.15, 0.2) is 0 Å². The number of rotatable bonds is 3. The van der Waals surface area contributed by atoms with Crippen LogP contribution < -0.4 is 0 Å². The number of likely N-dealkylation sites (tertiary alicyclic amines) is 1. The zero-order valence-corrected chi connectivity index (χ0v) is 13.7. The quantitative estimate of drug-likeness (QED) is 0.817. The summed E-state index contributed by atoms with van der Waals surface area (Å²) in [7, 11) is 3.56. The van der Waals surface area contributed by atoms with Crippen LogP contribution >= 0.6 is 11.3 Å². The van der Waals surface area contributed by atoms with Crippen LogP contribution in [-0.2, 0) is 16.1 Å². The molecule has 22 heavy (non-hydrogen) atoms. The molecule has 0 bridgehead atoms. The Morgan fingerprint density at radius 3 is 3.00 bits per heavy atom. The third-order valence-electron chi connectivity index (χ3n) is 4.30. The number of thiophene rings is 1. The van der Waals surface area contributed by atoms with Crippen LogP contribution in [0.15, 0.2) is 29.6 Å². The van der Waals surface area contributed by atoms with Crippen LogP contribution in [0.1, 0.15) is 18.4 Å². The summed E-state index contributed by atoms with van der Waals surface area (Å²) in [5, 5.41) is 3.29. The maximum Gasteiger partial charge on any atom is 0.235 e. The summed E-state index contributed by atoms with van der Waals surface area (Å²) in [6, 6.07) is 8.21. The molecule has 0 radical (unpaired) electrons. The van der Waals surface area contributed by atoms with E-state index >= 15 is 0 Å². The molecule has 1 aromatic carbocycles. The molecule has 1 aliphatic rings. The molecule has 3 rings (SSSR count). The number of fused-ring (bicyclic) bond motifs is 1. The number of hydrogen-bond donors (Lipinski definition) is 0. The van der Waals surface area contributed by atoms with Crippen molar-refractivity contribution in [3.8, 4) is 0 Å². The lowest BCUT2D eigenvalue weighted by Crippen LogP contribution is -2.46. The van der Waals surface area contributed by atoms with Gasteiger partial charge < -0.3 is 9.80 Å². The molecule has 4 nitrogen and oxygen atoms in total. The molecule has 2 heterocycles. The van der Waals surface area contributed by atoms with Gasteiger partial charge in [-0.15, -0.1) is 11.3 Å². The maximum atomic E-state index is 12.6. The minimum atomic E-state index is -0.506. The van der Waals surface area contributed by atoms with E-state index < -0.39 is 5.92 Å². The topological polar surface area (TPSA) is 40.6 Å². The van der Waals surface area contributed by atoms with Crippen molar-refractivity contribution in [2.75, 3.05) is 20.6 Å². The largest absolute Gasteiger partial charge is 0.345 e. The summed E-state index contributed by atoms with van der Waals surface area (Å²) in [4.78, 5) is 28.1. The molecule has 0 N–H and O–H groups in total. The van der Waals surface area contributed by atoms with Crippen LogP contribution in [0.25, 0.3) is 10.1 Å². The van der Waals surface area contributed by atoms with Gasteiger partial charge in [-0.2, -0.15) is 0 Å². The van der Waals surface area contributed by atoms with Gasteiger partial charge in [0.1, 0.15) is 5.92 Å². The first-order chi connectivity index (χ1) is 10.6. The molecule has 2 amide bonds. The lowest BCUT2D eigenvalue weighted by atomic mass is 9.96. The summed E-state index contributed by atoms with van der Waals surface area (Å²) in [5.41, 5.74) is 1.15. The molecule has 0 saturated carbocycles. The van der Waals surface area contributed by atoms with Gasteiger partial charge in [0.25, 0.3) is 0 Å². The van der Waals surface area contributed by atoms with Crippen molar-refractivity contribution in [2.45, 2.75) is 19.4 Å². The third kappa shape index (κ3) is 2.73. The van der Waals surface area contributed by atoms with Gasteiger partial charge in [-0.3, -0.25) is 9.59 Å². The van der Waals surface area contributed by atoms with Gasteiger partial charge in [-0.05, 0) is 35.2 Å². The standard InChI is InChI=1S/C17H20N2O2S/c1-18-9-5-7-14(16(18)20)17(21)19(2)10-12-11-22-15-8-4-3-6-13(12)15/h3-4,6,8,11,14H,5,7,9-10H2,1-2H3. The highest BCUT2D eigenvalue weighted by atomic mass is 32.1. The van der Waals surface area contributed by atoms with E-state index in [1.807, 2.05) is 12.1 Å². The maximum absolute atomic E-state index is 12.6. The van der Waals surface area contributed by atoms with E-state index in [-0.39, 0.29) is 11.8 Å². The van der Waals surface area contributed by atoms with E-state index in [9.17, 15) is 9.59 Å². The second-order valence-electron chi connectivity index (χ2n) is 5.91. The predicted octanol–water partition coefficient (Wildman–Crippen LogP) is 2.73. The third-order valence-corrected chi connectivity index (χ3v) is 5.32. The molecular weight excluding hydrogens is 296 g/mol. The fourth-order valence-corrected chi connectivity index (χ4v) is 3.97. The normalized spacial score (nSPS) is 18.7. The van der Waals surface area contributed by atoms with Crippen LogP contribution in [0.3, 0.4) is 0 Å². The zero-order chi connectivity index (χ0) is 15.7. The Hall–Kier alpha value is -1.88. The molecule has 116 valence electrons. The SMILES string of the molecule is CN1CCCC(C(=O)N(C)Cc2csc3ccccc23)C1=O. The highest BCUT2D eigenvalue weighted by Crippen LogP contribution is 2.27. The average molecular weight is 316 g/mol. The minimum absolute atomic E-state index is 0.0433. The lowest BCUT2D eigenvalue weighted by Gasteiger charge is -2.31. The smallest absolute Gasteiger partial charge is 0.235 e. The molecular formula is C17H20N2O2S. The number of benzene rings is 1. The van der Waals surface area contributed by atoms with Crippen molar-refractivity contribution in [3.05, 3.63) is 35.2 Å². The molecule has 1 unspecified atom stereocenters. The van der Waals surface area contributed by atoms with Gasteiger partial charge in [-0.25, -0.2) is 0 Å². The average Bonchev–Trinajstić information content (AvgIpc) is 2.92. The van der Waals surface area contributed by atoms with Gasteiger partial charge >= 0.3 is 0 Å². The zero-order valence-electron chi connectivity index (χ0n) is 12.9. The van der Waals surface area contributed by atoms with Crippen molar-refractivity contribution < 1.29 is 9.59 Å². The molecule has 1 atom stereocenters. The summed E-state index contributed by atoms with van der Waals surface area (Å²) in [6.45, 7) is 1.30. The first-order valence-electron chi connectivity index (χ1n) is 7.53. The van der Waals surface area contributed by atoms with Crippen molar-refractivity contribution >= 4 is 33.2 Å². The summed E-state index contributed by atoms with van der Waals surface area (Å²) in [6.07, 6.45) is 1.56. The van der Waals surface area contributed by atoms with Crippen LogP contribution in [0.5, 0.6) is 0 Å². The highest BCUT2D eigenvalue weighted by Gasteiger charge is 2.34. The predicted molar refractivity (Wildman–Crippen MR) is 88.7 cm³/mol. The number of carbonyl (C=O) groups excluding carboxylic acids is 2. The summed E-state index contributed by atoms with van der Waals surface area (Å²) >= 11 is 1.69.